The minimum atomic E-state index is -3.09. The third-order valence-corrected chi connectivity index (χ3v) is 6.47. The summed E-state index contributed by atoms with van der Waals surface area (Å²) >= 11 is 0. The molecular formula is C14H23N5O3S. The number of H-pyrrole nitrogens is 1. The Kier molecular flexibility index (Phi) is 4.86. The minimum Gasteiger partial charge on any atom is -0.337 e. The number of likely N-dealkylation sites (tertiary alicyclic amines) is 1. The van der Waals surface area contributed by atoms with E-state index in [1.54, 1.807) is 11.1 Å². The number of amides is 2. The molecule has 2 fully saturated rings. The van der Waals surface area contributed by atoms with Crippen LogP contribution in [0.5, 0.6) is 0 Å². The van der Waals surface area contributed by atoms with Crippen LogP contribution < -0.4 is 5.32 Å². The number of nitrogens with one attached hydrogen (secondary N) is 2. The van der Waals surface area contributed by atoms with E-state index in [1.807, 2.05) is 6.07 Å². The van der Waals surface area contributed by atoms with Crippen molar-refractivity contribution in [2.24, 2.45) is 0 Å². The van der Waals surface area contributed by atoms with Gasteiger partial charge < -0.3 is 10.2 Å². The summed E-state index contributed by atoms with van der Waals surface area (Å²) < 4.78 is 24.9. The number of carbonyl (C=O) groups excluding carboxylic acids is 1. The zero-order valence-electron chi connectivity index (χ0n) is 13.1. The Morgan fingerprint density at radius 1 is 1.39 bits per heavy atom. The van der Waals surface area contributed by atoms with Gasteiger partial charge in [-0.2, -0.15) is 5.10 Å². The van der Waals surface area contributed by atoms with Crippen molar-refractivity contribution >= 4 is 16.1 Å². The Balaban J connectivity index is 1.46. The quantitative estimate of drug-likeness (QED) is 0.825. The van der Waals surface area contributed by atoms with Crippen molar-refractivity contribution < 1.29 is 13.2 Å². The minimum absolute atomic E-state index is 0.120. The van der Waals surface area contributed by atoms with E-state index >= 15 is 0 Å². The van der Waals surface area contributed by atoms with Gasteiger partial charge in [0.1, 0.15) is 0 Å². The van der Waals surface area contributed by atoms with Gasteiger partial charge in [-0.15, -0.1) is 0 Å². The van der Waals surface area contributed by atoms with Crippen molar-refractivity contribution in [3.05, 3.63) is 18.0 Å². The van der Waals surface area contributed by atoms with Crippen molar-refractivity contribution in [3.63, 3.8) is 0 Å². The number of piperidine rings is 1. The molecule has 3 heterocycles. The summed E-state index contributed by atoms with van der Waals surface area (Å²) in [6.45, 7) is 2.66. The van der Waals surface area contributed by atoms with E-state index in [9.17, 15) is 13.2 Å². The number of rotatable bonds is 4. The van der Waals surface area contributed by atoms with E-state index in [-0.39, 0.29) is 17.7 Å². The van der Waals surface area contributed by atoms with Crippen LogP contribution in [0.25, 0.3) is 0 Å². The van der Waals surface area contributed by atoms with E-state index in [4.69, 9.17) is 0 Å². The number of sulfonamides is 1. The van der Waals surface area contributed by atoms with Gasteiger partial charge in [0.05, 0.1) is 5.75 Å². The molecule has 0 saturated carbocycles. The lowest BCUT2D eigenvalue weighted by Crippen LogP contribution is -2.47. The van der Waals surface area contributed by atoms with Crippen LogP contribution in [0.15, 0.2) is 12.3 Å². The van der Waals surface area contributed by atoms with Gasteiger partial charge in [0.15, 0.2) is 0 Å². The van der Waals surface area contributed by atoms with Gasteiger partial charge in [-0.3, -0.25) is 5.10 Å². The first-order chi connectivity index (χ1) is 11.1. The lowest BCUT2D eigenvalue weighted by atomic mass is 9.95. The Hall–Kier alpha value is -1.61. The molecule has 0 radical (unpaired) electrons. The van der Waals surface area contributed by atoms with Gasteiger partial charge in [0.2, 0.25) is 10.0 Å². The van der Waals surface area contributed by atoms with Gasteiger partial charge in [-0.05, 0) is 25.3 Å². The number of hydrogen-bond acceptors (Lipinski definition) is 4. The van der Waals surface area contributed by atoms with Gasteiger partial charge in [-0.1, -0.05) is 0 Å². The molecule has 2 N–H and O–H groups in total. The van der Waals surface area contributed by atoms with Crippen LogP contribution in [-0.4, -0.2) is 72.3 Å². The molecule has 3 rings (SSSR count). The first-order valence-electron chi connectivity index (χ1n) is 8.06. The number of aromatic amines is 1. The maximum atomic E-state index is 12.3. The molecule has 1 aromatic rings. The smallest absolute Gasteiger partial charge is 0.317 e. The molecule has 9 heteroatoms. The standard InChI is InChI=1S/C14H23N5O3S/c20-14(15-6-9-19-8-2-10-23(19,21)22)18-7-1-3-12(11-18)13-4-5-16-17-13/h4-5,12H,1-3,6-11H2,(H,15,20)(H,16,17)/t12-/m0/s1. The largest absolute Gasteiger partial charge is 0.337 e. The highest BCUT2D eigenvalue weighted by Gasteiger charge is 2.28. The molecule has 128 valence electrons. The molecule has 2 aliphatic heterocycles. The molecule has 0 spiro atoms. The molecule has 2 amide bonds. The number of carbonyl (C=O) groups is 1. The SMILES string of the molecule is O=C(NCCN1CCCS1(=O)=O)N1CCC[C@H](c2ccn[nH]2)C1. The second-order valence-electron chi connectivity index (χ2n) is 6.10. The van der Waals surface area contributed by atoms with E-state index < -0.39 is 10.0 Å². The highest BCUT2D eigenvalue weighted by atomic mass is 32.2. The molecule has 1 atom stereocenters. The molecule has 1 aromatic heterocycles. The summed E-state index contributed by atoms with van der Waals surface area (Å²) in [4.78, 5) is 14.1. The predicted molar refractivity (Wildman–Crippen MR) is 85.5 cm³/mol. The summed E-state index contributed by atoms with van der Waals surface area (Å²) in [5, 5.41) is 9.78. The van der Waals surface area contributed by atoms with Crippen molar-refractivity contribution in [3.8, 4) is 0 Å². The lowest BCUT2D eigenvalue weighted by molar-refractivity contribution is 0.178. The molecule has 8 nitrogen and oxygen atoms in total. The summed E-state index contributed by atoms with van der Waals surface area (Å²) in [6.07, 6.45) is 4.40. The second kappa shape index (κ2) is 6.88. The maximum absolute atomic E-state index is 12.3. The number of urea groups is 1. The monoisotopic (exact) mass is 341 g/mol. The first-order valence-corrected chi connectivity index (χ1v) is 9.67. The highest BCUT2D eigenvalue weighted by molar-refractivity contribution is 7.89. The average molecular weight is 341 g/mol. The van der Waals surface area contributed by atoms with E-state index in [0.29, 0.717) is 32.6 Å². The van der Waals surface area contributed by atoms with Gasteiger partial charge in [-0.25, -0.2) is 17.5 Å². The third kappa shape index (κ3) is 3.84. The molecule has 0 aliphatic carbocycles. The average Bonchev–Trinajstić information content (AvgIpc) is 3.17. The van der Waals surface area contributed by atoms with Crippen LogP contribution in [0.4, 0.5) is 4.79 Å². The van der Waals surface area contributed by atoms with Crippen LogP contribution in [0.1, 0.15) is 30.9 Å². The zero-order valence-corrected chi connectivity index (χ0v) is 13.9. The van der Waals surface area contributed by atoms with E-state index in [0.717, 1.165) is 25.1 Å². The third-order valence-electron chi connectivity index (χ3n) is 4.51. The van der Waals surface area contributed by atoms with Crippen molar-refractivity contribution in [2.45, 2.75) is 25.2 Å². The normalized spacial score (nSPS) is 24.7. The second-order valence-corrected chi connectivity index (χ2v) is 8.19. The van der Waals surface area contributed by atoms with Crippen molar-refractivity contribution in [1.82, 2.24) is 24.7 Å². The Morgan fingerprint density at radius 2 is 2.26 bits per heavy atom. The van der Waals surface area contributed by atoms with Crippen LogP contribution >= 0.6 is 0 Å². The number of hydrogen-bond donors (Lipinski definition) is 2. The first kappa shape index (κ1) is 16.3. The molecule has 0 aromatic carbocycles. The molecular weight excluding hydrogens is 318 g/mol. The van der Waals surface area contributed by atoms with Gasteiger partial charge in [0.25, 0.3) is 0 Å². The molecule has 2 saturated heterocycles. The molecule has 2 aliphatic rings. The van der Waals surface area contributed by atoms with Crippen molar-refractivity contribution in [2.75, 3.05) is 38.5 Å². The van der Waals surface area contributed by atoms with Gasteiger partial charge >= 0.3 is 6.03 Å². The Morgan fingerprint density at radius 3 is 2.96 bits per heavy atom. The van der Waals surface area contributed by atoms with Crippen LogP contribution in [-0.2, 0) is 10.0 Å². The summed E-state index contributed by atoms with van der Waals surface area (Å²) in [6, 6.07) is 1.83. The number of aromatic nitrogens is 2. The topological polar surface area (TPSA) is 98.4 Å². The highest BCUT2D eigenvalue weighted by Crippen LogP contribution is 2.25. The van der Waals surface area contributed by atoms with Gasteiger partial charge in [0, 0.05) is 50.5 Å². The molecule has 23 heavy (non-hydrogen) atoms. The van der Waals surface area contributed by atoms with Crippen molar-refractivity contribution in [1.29, 1.82) is 0 Å². The molecule has 0 bridgehead atoms. The molecule has 0 unspecified atom stereocenters. The Labute approximate surface area is 136 Å². The zero-order chi connectivity index (χ0) is 16.3. The summed E-state index contributed by atoms with van der Waals surface area (Å²) in [7, 11) is -3.09. The fraction of sp³-hybridized carbons (Fsp3) is 0.714. The summed E-state index contributed by atoms with van der Waals surface area (Å²) in [5.41, 5.74) is 1.06. The van der Waals surface area contributed by atoms with Crippen LogP contribution in [0.3, 0.4) is 0 Å². The van der Waals surface area contributed by atoms with Crippen LogP contribution in [0, 0.1) is 0 Å². The van der Waals surface area contributed by atoms with E-state index in [2.05, 4.69) is 15.5 Å². The number of nitrogens with zero attached hydrogens (tertiary/aromatic N) is 3. The lowest BCUT2D eigenvalue weighted by Gasteiger charge is -2.32. The summed E-state index contributed by atoms with van der Waals surface area (Å²) in [5.74, 6) is 0.509. The van der Waals surface area contributed by atoms with E-state index in [1.165, 1.54) is 4.31 Å². The predicted octanol–water partition coefficient (Wildman–Crippen LogP) is 0.334. The maximum Gasteiger partial charge on any atom is 0.317 e. The Bertz CT molecular complexity index is 631. The fourth-order valence-corrected chi connectivity index (χ4v) is 4.78. The fourth-order valence-electron chi connectivity index (χ4n) is 3.25. The van der Waals surface area contributed by atoms with Crippen LogP contribution in [0.2, 0.25) is 0 Å².